The fourth-order valence-corrected chi connectivity index (χ4v) is 11.2. The molecule has 0 amide bonds. The third-order valence-corrected chi connectivity index (χ3v) is 13.7. The average Bonchev–Trinajstić information content (AvgIpc) is 3.62. The van der Waals surface area contributed by atoms with Crippen molar-refractivity contribution in [1.82, 2.24) is 0 Å². The molecular formula is C48H47NO. The van der Waals surface area contributed by atoms with E-state index in [1.807, 2.05) is 0 Å². The summed E-state index contributed by atoms with van der Waals surface area (Å²) in [5.41, 5.74) is 10.2. The van der Waals surface area contributed by atoms with Gasteiger partial charge in [0.2, 0.25) is 0 Å². The van der Waals surface area contributed by atoms with Gasteiger partial charge in [-0.3, -0.25) is 0 Å². The van der Waals surface area contributed by atoms with Crippen LogP contribution in [0.5, 0.6) is 5.75 Å². The molecule has 0 spiro atoms. The molecule has 8 aliphatic rings. The number of hydrogen-bond donors (Lipinski definition) is 0. The van der Waals surface area contributed by atoms with Crippen molar-refractivity contribution in [2.45, 2.75) is 64.0 Å². The number of allylic oxidation sites excluding steroid dienone is 16. The maximum atomic E-state index is 6.74. The second kappa shape index (κ2) is 11.2. The Kier molecular flexibility index (Phi) is 6.80. The Bertz CT molecular complexity index is 2060. The summed E-state index contributed by atoms with van der Waals surface area (Å²) >= 11 is 0. The summed E-state index contributed by atoms with van der Waals surface area (Å²) in [5, 5.41) is 0. The van der Waals surface area contributed by atoms with Crippen LogP contribution in [0.2, 0.25) is 0 Å². The fourth-order valence-electron chi connectivity index (χ4n) is 11.2. The normalized spacial score (nSPS) is 36.1. The number of fused-ring (bicyclic) bond motifs is 9. The van der Waals surface area contributed by atoms with E-state index in [4.69, 9.17) is 4.74 Å². The molecule has 1 aliphatic heterocycles. The van der Waals surface area contributed by atoms with Crippen LogP contribution >= 0.6 is 0 Å². The van der Waals surface area contributed by atoms with Crippen LogP contribution in [0.1, 0.15) is 63.0 Å². The van der Waals surface area contributed by atoms with E-state index in [0.717, 1.165) is 25.0 Å². The van der Waals surface area contributed by atoms with Crippen molar-refractivity contribution in [1.29, 1.82) is 0 Å². The number of benzene rings is 2. The van der Waals surface area contributed by atoms with Crippen LogP contribution in [0.15, 0.2) is 168 Å². The van der Waals surface area contributed by atoms with Crippen molar-refractivity contribution in [3.8, 4) is 5.75 Å². The van der Waals surface area contributed by atoms with Gasteiger partial charge in [-0.15, -0.1) is 0 Å². The standard InChI is InChI=1S/C48H47NO/c1-47(2)42-30-37(24-27-41(42)48(3)28-10-9-15-44(47)48)49(35-21-18-32(19-22-35)31-11-5-4-6-12-31)36-23-26-38-34(29-36)17-16-33-20-25-40-39-13-7-8-14-43(39)50-46(40)45(33)38/h4-11,13-28,31,33,36,40,42,44-46H,12,29-30H2,1-3H3. The zero-order chi connectivity index (χ0) is 33.6. The molecule has 0 aromatic heterocycles. The third kappa shape index (κ3) is 4.46. The molecule has 1 saturated carbocycles. The average molecular weight is 654 g/mol. The Morgan fingerprint density at radius 1 is 0.780 bits per heavy atom. The van der Waals surface area contributed by atoms with Gasteiger partial charge in [0.05, 0.1) is 6.04 Å². The second-order valence-corrected chi connectivity index (χ2v) is 16.6. The van der Waals surface area contributed by atoms with Gasteiger partial charge >= 0.3 is 0 Å². The molecule has 9 atom stereocenters. The first-order chi connectivity index (χ1) is 24.4. The lowest BCUT2D eigenvalue weighted by atomic mass is 9.67. The molecule has 0 N–H and O–H groups in total. The molecule has 0 saturated heterocycles. The summed E-state index contributed by atoms with van der Waals surface area (Å²) in [6.45, 7) is 7.48. The smallest absolute Gasteiger partial charge is 0.123 e. The lowest BCUT2D eigenvalue weighted by Crippen LogP contribution is -2.41. The van der Waals surface area contributed by atoms with Crippen LogP contribution in [-0.4, -0.2) is 12.1 Å². The zero-order valence-corrected chi connectivity index (χ0v) is 29.5. The first-order valence-corrected chi connectivity index (χ1v) is 18.9. The number of ether oxygens (including phenoxy) is 1. The van der Waals surface area contributed by atoms with Gasteiger partial charge in [0.15, 0.2) is 0 Å². The molecule has 2 heteroatoms. The molecule has 1 fully saturated rings. The van der Waals surface area contributed by atoms with Crippen molar-refractivity contribution < 1.29 is 4.74 Å². The van der Waals surface area contributed by atoms with Crippen molar-refractivity contribution in [2.24, 2.45) is 34.5 Å². The van der Waals surface area contributed by atoms with Gasteiger partial charge in [-0.2, -0.15) is 0 Å². The highest BCUT2D eigenvalue weighted by Gasteiger charge is 2.57. The van der Waals surface area contributed by atoms with Gasteiger partial charge in [-0.05, 0) is 77.5 Å². The molecule has 50 heavy (non-hydrogen) atoms. The van der Waals surface area contributed by atoms with E-state index in [1.54, 1.807) is 5.57 Å². The number of anilines is 1. The van der Waals surface area contributed by atoms with Gasteiger partial charge in [-0.1, -0.05) is 148 Å². The van der Waals surface area contributed by atoms with Crippen LogP contribution in [0.3, 0.4) is 0 Å². The van der Waals surface area contributed by atoms with E-state index >= 15 is 0 Å². The highest BCUT2D eigenvalue weighted by atomic mass is 16.5. The topological polar surface area (TPSA) is 12.5 Å². The minimum absolute atomic E-state index is 0.0849. The Morgan fingerprint density at radius 3 is 2.50 bits per heavy atom. The minimum Gasteiger partial charge on any atom is -0.488 e. The first-order valence-electron chi connectivity index (χ1n) is 18.9. The van der Waals surface area contributed by atoms with Crippen molar-refractivity contribution in [3.63, 3.8) is 0 Å². The van der Waals surface area contributed by atoms with E-state index in [0.29, 0.717) is 35.5 Å². The molecule has 0 radical (unpaired) electrons. The number of rotatable bonds is 4. The lowest BCUT2D eigenvalue weighted by molar-refractivity contribution is 0.143. The Balaban J connectivity index is 1.01. The number of hydrogen-bond acceptors (Lipinski definition) is 2. The van der Waals surface area contributed by atoms with Gasteiger partial charge in [0.25, 0.3) is 0 Å². The van der Waals surface area contributed by atoms with E-state index in [9.17, 15) is 0 Å². The van der Waals surface area contributed by atoms with Gasteiger partial charge in [-0.25, -0.2) is 0 Å². The predicted molar refractivity (Wildman–Crippen MR) is 206 cm³/mol. The summed E-state index contributed by atoms with van der Waals surface area (Å²) in [6, 6.07) is 18.4. The largest absolute Gasteiger partial charge is 0.488 e. The van der Waals surface area contributed by atoms with Gasteiger partial charge in [0.1, 0.15) is 11.9 Å². The number of nitrogens with zero attached hydrogens (tertiary/aromatic N) is 1. The molecule has 9 unspecified atom stereocenters. The SMILES string of the molecule is CC12C=CC=CC1C(C)(C)C1CC(N(c3ccc(C4C=CC=CC4)cc3)C3C=CC4=C(C=CC5C=CC6c7ccccc7OC6C45)C3)=CC=C12. The second-order valence-electron chi connectivity index (χ2n) is 16.6. The summed E-state index contributed by atoms with van der Waals surface area (Å²) < 4.78 is 6.74. The van der Waals surface area contributed by atoms with E-state index in [2.05, 4.69) is 171 Å². The summed E-state index contributed by atoms with van der Waals surface area (Å²) in [4.78, 5) is 2.69. The molecule has 2 nitrogen and oxygen atoms in total. The molecule has 7 aliphatic carbocycles. The molecule has 250 valence electrons. The molecule has 1 heterocycles. The van der Waals surface area contributed by atoms with Gasteiger partial charge < -0.3 is 9.64 Å². The Hall–Kier alpha value is -4.56. The molecule has 10 rings (SSSR count). The van der Waals surface area contributed by atoms with E-state index < -0.39 is 0 Å². The first kappa shape index (κ1) is 30.3. The Morgan fingerprint density at radius 2 is 1.64 bits per heavy atom. The van der Waals surface area contributed by atoms with Crippen LogP contribution in [0.4, 0.5) is 5.69 Å². The summed E-state index contributed by atoms with van der Waals surface area (Å²) in [7, 11) is 0. The Labute approximate surface area is 298 Å². The van der Waals surface area contributed by atoms with E-state index in [1.165, 1.54) is 33.7 Å². The molecular weight excluding hydrogens is 607 g/mol. The third-order valence-electron chi connectivity index (χ3n) is 13.7. The number of para-hydroxylation sites is 1. The monoisotopic (exact) mass is 653 g/mol. The molecule has 0 bridgehead atoms. The molecule has 2 aromatic carbocycles. The van der Waals surface area contributed by atoms with Crippen LogP contribution < -0.4 is 9.64 Å². The summed E-state index contributed by atoms with van der Waals surface area (Å²) in [6.07, 6.45) is 41.4. The van der Waals surface area contributed by atoms with Crippen molar-refractivity contribution >= 4 is 5.69 Å². The minimum atomic E-state index is 0.0849. The van der Waals surface area contributed by atoms with Crippen molar-refractivity contribution in [2.75, 3.05) is 4.90 Å². The van der Waals surface area contributed by atoms with Crippen molar-refractivity contribution in [3.05, 3.63) is 179 Å². The maximum absolute atomic E-state index is 6.74. The highest BCUT2D eigenvalue weighted by molar-refractivity contribution is 5.61. The maximum Gasteiger partial charge on any atom is 0.123 e. The van der Waals surface area contributed by atoms with Gasteiger partial charge in [0, 0.05) is 46.0 Å². The zero-order valence-electron chi connectivity index (χ0n) is 29.5. The fraction of sp³-hybridized carbons (Fsp3) is 0.333. The van der Waals surface area contributed by atoms with Crippen LogP contribution in [0, 0.1) is 34.5 Å². The molecule has 2 aromatic rings. The van der Waals surface area contributed by atoms with E-state index in [-0.39, 0.29) is 23.0 Å². The van der Waals surface area contributed by atoms with Crippen LogP contribution in [-0.2, 0) is 0 Å². The highest BCUT2D eigenvalue weighted by Crippen LogP contribution is 2.65. The quantitative estimate of drug-likeness (QED) is 0.305. The summed E-state index contributed by atoms with van der Waals surface area (Å²) in [5.74, 6) is 3.55. The lowest BCUT2D eigenvalue weighted by Gasteiger charge is -2.43. The van der Waals surface area contributed by atoms with Crippen LogP contribution in [0.25, 0.3) is 0 Å². The predicted octanol–water partition coefficient (Wildman–Crippen LogP) is 11.3.